The van der Waals surface area contributed by atoms with Crippen LogP contribution < -0.4 is 0 Å². The van der Waals surface area contributed by atoms with Crippen molar-refractivity contribution in [1.29, 1.82) is 0 Å². The second-order valence-corrected chi connectivity index (χ2v) is 17.3. The summed E-state index contributed by atoms with van der Waals surface area (Å²) in [6, 6.07) is 33.0. The molecular weight excluding hydrogens is 691 g/mol. The van der Waals surface area contributed by atoms with Crippen LogP contribution >= 0.6 is 0 Å². The van der Waals surface area contributed by atoms with Crippen LogP contribution in [0, 0.1) is 13.8 Å². The predicted molar refractivity (Wildman–Crippen MR) is 251 cm³/mol. The van der Waals surface area contributed by atoms with Crippen molar-refractivity contribution in [2.45, 2.75) is 170 Å². The molecule has 0 spiro atoms. The molecule has 3 heterocycles. The summed E-state index contributed by atoms with van der Waals surface area (Å²) < 4.78 is 8.34. The molecule has 0 aliphatic rings. The molecule has 4 aromatic carbocycles. The first-order chi connectivity index (χ1) is 28.0. The zero-order valence-corrected chi connectivity index (χ0v) is 36.3. The molecule has 3 nitrogen and oxygen atoms in total. The maximum absolute atomic E-state index is 2.81. The Balaban J connectivity index is 1.46. The smallest absolute Gasteiger partial charge is 0.0922 e. The second-order valence-electron chi connectivity index (χ2n) is 17.3. The lowest BCUT2D eigenvalue weighted by atomic mass is 10.0. The normalized spacial score (nSPS) is 12.0. The average molecular weight is 762 g/mol. The van der Waals surface area contributed by atoms with Crippen LogP contribution in [0.5, 0.6) is 0 Å². The first-order valence-corrected chi connectivity index (χ1v) is 23.3. The van der Waals surface area contributed by atoms with E-state index < -0.39 is 0 Å². The van der Waals surface area contributed by atoms with Gasteiger partial charge < -0.3 is 13.7 Å². The van der Waals surface area contributed by atoms with Gasteiger partial charge in [-0.15, -0.1) is 0 Å². The molecule has 7 rings (SSSR count). The van der Waals surface area contributed by atoms with E-state index in [1.54, 1.807) is 0 Å². The fraction of sp³-hybridized carbons (Fsp3) is 0.481. The summed E-state index contributed by atoms with van der Waals surface area (Å²) in [5, 5.41) is 2.84. The number of benzene rings is 4. The maximum Gasteiger partial charge on any atom is 0.0922 e. The van der Waals surface area contributed by atoms with Gasteiger partial charge in [-0.2, -0.15) is 0 Å². The highest BCUT2D eigenvalue weighted by atomic mass is 15.1. The second kappa shape index (κ2) is 20.0. The van der Waals surface area contributed by atoms with Crippen LogP contribution in [-0.4, -0.2) is 13.7 Å². The number of fused-ring (bicyclic) bond motifs is 7. The first-order valence-electron chi connectivity index (χ1n) is 23.3. The fourth-order valence-electron chi connectivity index (χ4n) is 9.50. The van der Waals surface area contributed by atoms with Crippen LogP contribution in [0.1, 0.15) is 147 Å². The zero-order valence-electron chi connectivity index (χ0n) is 36.3. The Hall–Kier alpha value is -4.24. The van der Waals surface area contributed by atoms with Crippen molar-refractivity contribution < 1.29 is 0 Å². The first kappa shape index (κ1) is 40.9. The van der Waals surface area contributed by atoms with Crippen molar-refractivity contribution in [3.8, 4) is 22.3 Å². The van der Waals surface area contributed by atoms with Crippen LogP contribution in [0.25, 0.3) is 66.1 Å². The Labute approximate surface area is 344 Å². The van der Waals surface area contributed by atoms with E-state index in [9.17, 15) is 0 Å². The Morgan fingerprint density at radius 3 is 1.00 bits per heavy atom. The lowest BCUT2D eigenvalue weighted by molar-refractivity contribution is 0.567. The van der Waals surface area contributed by atoms with Crippen molar-refractivity contribution in [2.24, 2.45) is 0 Å². The van der Waals surface area contributed by atoms with Gasteiger partial charge in [-0.05, 0) is 79.6 Å². The monoisotopic (exact) mass is 762 g/mol. The molecule has 0 aliphatic heterocycles. The van der Waals surface area contributed by atoms with Crippen LogP contribution in [0.3, 0.4) is 0 Å². The topological polar surface area (TPSA) is 14.8 Å². The zero-order chi connectivity index (χ0) is 39.6. The van der Waals surface area contributed by atoms with Gasteiger partial charge in [0.25, 0.3) is 0 Å². The number of unbranched alkanes of at least 4 members (excludes halogenated alkanes) is 15. The third kappa shape index (κ3) is 9.24. The van der Waals surface area contributed by atoms with Gasteiger partial charge in [0.1, 0.15) is 0 Å². The molecular formula is C54H71N3. The van der Waals surface area contributed by atoms with Gasteiger partial charge in [0.2, 0.25) is 0 Å². The van der Waals surface area contributed by atoms with Gasteiger partial charge in [0.15, 0.2) is 0 Å². The summed E-state index contributed by atoms with van der Waals surface area (Å²) in [6.45, 7) is 14.5. The number of nitrogens with zero attached hydrogens (tertiary/aromatic N) is 3. The molecule has 0 amide bonds. The van der Waals surface area contributed by atoms with E-state index in [1.807, 2.05) is 0 Å². The lowest BCUT2D eigenvalue weighted by Gasteiger charge is -2.11. The minimum atomic E-state index is 1.06. The molecule has 57 heavy (non-hydrogen) atoms. The highest BCUT2D eigenvalue weighted by Crippen LogP contribution is 2.44. The highest BCUT2D eigenvalue weighted by molar-refractivity contribution is 6.24. The predicted octanol–water partition coefficient (Wildman–Crippen LogP) is 16.7. The third-order valence-corrected chi connectivity index (χ3v) is 12.8. The summed E-state index contributed by atoms with van der Waals surface area (Å²) >= 11 is 0. The van der Waals surface area contributed by atoms with Crippen molar-refractivity contribution in [3.63, 3.8) is 0 Å². The number of aryl methyl sites for hydroxylation is 5. The summed E-state index contributed by atoms with van der Waals surface area (Å²) in [5.74, 6) is 0. The van der Waals surface area contributed by atoms with Gasteiger partial charge in [-0.3, -0.25) is 0 Å². The summed E-state index contributed by atoms with van der Waals surface area (Å²) in [6.07, 6.45) is 23.5. The molecule has 0 saturated heterocycles. The molecule has 7 aromatic rings. The van der Waals surface area contributed by atoms with E-state index in [0.717, 1.165) is 19.6 Å². The van der Waals surface area contributed by atoms with Gasteiger partial charge in [-0.1, -0.05) is 189 Å². The molecule has 3 heteroatoms. The van der Waals surface area contributed by atoms with Gasteiger partial charge >= 0.3 is 0 Å². The molecule has 0 bridgehead atoms. The number of rotatable bonds is 23. The minimum absolute atomic E-state index is 1.06. The summed E-state index contributed by atoms with van der Waals surface area (Å²) in [4.78, 5) is 0. The van der Waals surface area contributed by atoms with Crippen molar-refractivity contribution >= 4 is 43.9 Å². The summed E-state index contributed by atoms with van der Waals surface area (Å²) in [7, 11) is 0. The molecule has 0 aliphatic carbocycles. The standard InChI is InChI=1S/C54H71N3/c1-6-9-12-15-18-21-36-55-49-34-32-45(43-28-24-41(4)25-29-43)39-47(49)51-53(55)54-52(57(51)38-23-20-17-14-11-8-3)48-40-46(44-30-26-42(5)27-31-44)33-35-50(48)56(54)37-22-19-16-13-10-7-2/h24-35,39-40H,6-23,36-38H2,1-5H3. The maximum atomic E-state index is 2.81. The van der Waals surface area contributed by atoms with E-state index in [0.29, 0.717) is 0 Å². The molecule has 0 fully saturated rings. The van der Waals surface area contributed by atoms with E-state index in [4.69, 9.17) is 0 Å². The molecule has 3 aromatic heterocycles. The van der Waals surface area contributed by atoms with E-state index in [1.165, 1.54) is 193 Å². The fourth-order valence-corrected chi connectivity index (χ4v) is 9.50. The van der Waals surface area contributed by atoms with Crippen LogP contribution in [0.15, 0.2) is 84.9 Å². The molecule has 0 radical (unpaired) electrons. The number of aromatic nitrogens is 3. The Morgan fingerprint density at radius 2 is 0.632 bits per heavy atom. The van der Waals surface area contributed by atoms with E-state index in [-0.39, 0.29) is 0 Å². The van der Waals surface area contributed by atoms with E-state index in [2.05, 4.69) is 133 Å². The molecule has 0 saturated carbocycles. The lowest BCUT2D eigenvalue weighted by Crippen LogP contribution is -2.02. The Kier molecular flexibility index (Phi) is 14.3. The van der Waals surface area contributed by atoms with Crippen LogP contribution in [0.2, 0.25) is 0 Å². The minimum Gasteiger partial charge on any atom is -0.337 e. The van der Waals surface area contributed by atoms with Crippen molar-refractivity contribution in [2.75, 3.05) is 0 Å². The third-order valence-electron chi connectivity index (χ3n) is 12.8. The molecule has 302 valence electrons. The molecule has 0 N–H and O–H groups in total. The highest BCUT2D eigenvalue weighted by Gasteiger charge is 2.26. The van der Waals surface area contributed by atoms with Crippen LogP contribution in [-0.2, 0) is 19.6 Å². The summed E-state index contributed by atoms with van der Waals surface area (Å²) in [5.41, 5.74) is 16.5. The average Bonchev–Trinajstić information content (AvgIpc) is 3.84. The quantitative estimate of drug-likeness (QED) is 0.0577. The van der Waals surface area contributed by atoms with Gasteiger partial charge in [0, 0.05) is 30.4 Å². The number of hydrogen-bond acceptors (Lipinski definition) is 0. The van der Waals surface area contributed by atoms with Crippen molar-refractivity contribution in [3.05, 3.63) is 96.1 Å². The SMILES string of the molecule is CCCCCCCCn1c2ccc(-c3ccc(C)cc3)cc2c2c1c1c(c3cc(-c4ccc(C)cc4)ccc3n1CCCCCCCC)n2CCCCCCCC. The number of hydrogen-bond donors (Lipinski definition) is 0. The van der Waals surface area contributed by atoms with Crippen LogP contribution in [0.4, 0.5) is 0 Å². The van der Waals surface area contributed by atoms with E-state index >= 15 is 0 Å². The Bertz CT molecular complexity index is 2170. The van der Waals surface area contributed by atoms with Gasteiger partial charge in [-0.25, -0.2) is 0 Å². The molecule has 0 atom stereocenters. The van der Waals surface area contributed by atoms with Gasteiger partial charge in [0.05, 0.1) is 33.1 Å². The molecule has 0 unspecified atom stereocenters. The Morgan fingerprint density at radius 1 is 0.316 bits per heavy atom. The largest absolute Gasteiger partial charge is 0.337 e. The van der Waals surface area contributed by atoms with Crippen molar-refractivity contribution in [1.82, 2.24) is 13.7 Å².